The van der Waals surface area contributed by atoms with Crippen LogP contribution < -0.4 is 5.32 Å². The minimum Gasteiger partial charge on any atom is -0.367 e. The second-order valence-electron chi connectivity index (χ2n) is 7.09. The lowest BCUT2D eigenvalue weighted by atomic mass is 9.94. The van der Waals surface area contributed by atoms with E-state index in [0.717, 1.165) is 11.8 Å². The van der Waals surface area contributed by atoms with Gasteiger partial charge in [0.05, 0.1) is 23.7 Å². The van der Waals surface area contributed by atoms with Gasteiger partial charge in [-0.05, 0) is 46.2 Å². The summed E-state index contributed by atoms with van der Waals surface area (Å²) in [5, 5.41) is 7.98. The molecule has 22 heavy (non-hydrogen) atoms. The maximum Gasteiger partial charge on any atom is 0.226 e. The quantitative estimate of drug-likeness (QED) is 0.947. The summed E-state index contributed by atoms with van der Waals surface area (Å²) in [6, 6.07) is 7.56. The molecule has 0 aliphatic carbocycles. The molecule has 0 spiro atoms. The number of hydrogen-bond donors (Lipinski definition) is 1. The van der Waals surface area contributed by atoms with Crippen molar-refractivity contribution in [2.45, 2.75) is 57.8 Å². The molecule has 1 aromatic carbocycles. The van der Waals surface area contributed by atoms with Crippen LogP contribution in [0.15, 0.2) is 28.8 Å². The molecule has 2 heterocycles. The fraction of sp³-hybridized carbons (Fsp3) is 0.529. The van der Waals surface area contributed by atoms with Gasteiger partial charge in [-0.3, -0.25) is 4.79 Å². The van der Waals surface area contributed by atoms with Crippen LogP contribution in [0.3, 0.4) is 0 Å². The van der Waals surface area contributed by atoms with Gasteiger partial charge in [-0.1, -0.05) is 17.3 Å². The van der Waals surface area contributed by atoms with Gasteiger partial charge in [0.25, 0.3) is 0 Å². The van der Waals surface area contributed by atoms with Crippen LogP contribution in [0.5, 0.6) is 0 Å². The highest BCUT2D eigenvalue weighted by atomic mass is 16.5. The standard InChI is InChI=1S/C17H22N2O3/c1-16(2)10-14(17(3,4)22-16)18-15(20)9-12-11-7-5-6-8-13(11)21-19-12/h5-8,14H,9-10H2,1-4H3,(H,18,20). The summed E-state index contributed by atoms with van der Waals surface area (Å²) in [5.74, 6) is -0.0570. The fourth-order valence-corrected chi connectivity index (χ4v) is 3.25. The van der Waals surface area contributed by atoms with Crippen LogP contribution in [-0.2, 0) is 16.0 Å². The average molecular weight is 302 g/mol. The SMILES string of the molecule is CC1(C)CC(NC(=O)Cc2noc3ccccc23)C(C)(C)O1. The number of carbonyl (C=O) groups is 1. The zero-order valence-electron chi connectivity index (χ0n) is 13.5. The molecule has 1 atom stereocenters. The van der Waals surface area contributed by atoms with Crippen molar-refractivity contribution in [2.75, 3.05) is 0 Å². The second-order valence-corrected chi connectivity index (χ2v) is 7.09. The monoisotopic (exact) mass is 302 g/mol. The molecular weight excluding hydrogens is 280 g/mol. The highest BCUT2D eigenvalue weighted by Crippen LogP contribution is 2.37. The number of amides is 1. The lowest BCUT2D eigenvalue weighted by molar-refractivity contribution is -0.123. The number of nitrogens with one attached hydrogen (secondary N) is 1. The second kappa shape index (κ2) is 5.09. The molecule has 1 saturated heterocycles. The van der Waals surface area contributed by atoms with E-state index in [2.05, 4.69) is 10.5 Å². The molecule has 3 rings (SSSR count). The average Bonchev–Trinajstić information content (AvgIpc) is 2.88. The van der Waals surface area contributed by atoms with Gasteiger partial charge in [0.1, 0.15) is 5.69 Å². The summed E-state index contributed by atoms with van der Waals surface area (Å²) >= 11 is 0. The smallest absolute Gasteiger partial charge is 0.226 e. The van der Waals surface area contributed by atoms with Crippen LogP contribution in [0.1, 0.15) is 39.8 Å². The van der Waals surface area contributed by atoms with E-state index in [4.69, 9.17) is 9.26 Å². The van der Waals surface area contributed by atoms with E-state index in [-0.39, 0.29) is 29.6 Å². The van der Waals surface area contributed by atoms with Crippen molar-refractivity contribution in [1.29, 1.82) is 0 Å². The van der Waals surface area contributed by atoms with Crippen molar-refractivity contribution >= 4 is 16.9 Å². The van der Waals surface area contributed by atoms with Crippen LogP contribution in [0.4, 0.5) is 0 Å². The Bertz CT molecular complexity index is 703. The molecule has 1 unspecified atom stereocenters. The largest absolute Gasteiger partial charge is 0.367 e. The van der Waals surface area contributed by atoms with Gasteiger partial charge in [-0.2, -0.15) is 0 Å². The van der Waals surface area contributed by atoms with Crippen molar-refractivity contribution in [3.63, 3.8) is 0 Å². The third kappa shape index (κ3) is 2.86. The summed E-state index contributed by atoms with van der Waals surface area (Å²) in [7, 11) is 0. The van der Waals surface area contributed by atoms with Gasteiger partial charge in [-0.15, -0.1) is 0 Å². The Balaban J connectivity index is 1.71. The van der Waals surface area contributed by atoms with E-state index >= 15 is 0 Å². The molecule has 5 heteroatoms. The summed E-state index contributed by atoms with van der Waals surface area (Å²) in [4.78, 5) is 12.4. The summed E-state index contributed by atoms with van der Waals surface area (Å²) in [6.07, 6.45) is 1.01. The van der Waals surface area contributed by atoms with E-state index in [9.17, 15) is 4.79 Å². The molecule has 5 nitrogen and oxygen atoms in total. The van der Waals surface area contributed by atoms with Crippen LogP contribution in [0, 0.1) is 0 Å². The van der Waals surface area contributed by atoms with Crippen LogP contribution in [0.25, 0.3) is 11.0 Å². The first-order valence-electron chi connectivity index (χ1n) is 7.60. The maximum atomic E-state index is 12.4. The Morgan fingerprint density at radius 1 is 1.32 bits per heavy atom. The van der Waals surface area contributed by atoms with E-state index in [1.807, 2.05) is 52.0 Å². The molecule has 1 aromatic heterocycles. The lowest BCUT2D eigenvalue weighted by Gasteiger charge is -2.27. The normalized spacial score (nSPS) is 22.8. The van der Waals surface area contributed by atoms with Crippen LogP contribution in [0.2, 0.25) is 0 Å². The Morgan fingerprint density at radius 2 is 2.05 bits per heavy atom. The Hall–Kier alpha value is -1.88. The number of rotatable bonds is 3. The molecule has 2 aromatic rings. The Morgan fingerprint density at radius 3 is 2.73 bits per heavy atom. The number of ether oxygens (including phenoxy) is 1. The first-order chi connectivity index (χ1) is 10.3. The first kappa shape index (κ1) is 15.0. The van der Waals surface area contributed by atoms with E-state index in [1.165, 1.54) is 0 Å². The number of hydrogen-bond acceptors (Lipinski definition) is 4. The molecule has 1 aliphatic heterocycles. The minimum absolute atomic E-state index is 0.00633. The fourth-order valence-electron chi connectivity index (χ4n) is 3.25. The molecular formula is C17H22N2O3. The van der Waals surface area contributed by atoms with Gasteiger partial charge in [0.15, 0.2) is 5.58 Å². The van der Waals surface area contributed by atoms with Crippen molar-refractivity contribution in [3.8, 4) is 0 Å². The molecule has 118 valence electrons. The number of fused-ring (bicyclic) bond motifs is 1. The Labute approximate surface area is 130 Å². The zero-order chi connectivity index (χ0) is 16.0. The first-order valence-corrected chi connectivity index (χ1v) is 7.60. The predicted molar refractivity (Wildman–Crippen MR) is 83.5 cm³/mol. The minimum atomic E-state index is -0.370. The molecule has 1 fully saturated rings. The van der Waals surface area contributed by atoms with Crippen molar-refractivity contribution < 1.29 is 14.1 Å². The van der Waals surface area contributed by atoms with E-state index in [0.29, 0.717) is 11.3 Å². The lowest BCUT2D eigenvalue weighted by Crippen LogP contribution is -2.46. The molecule has 0 bridgehead atoms. The van der Waals surface area contributed by atoms with E-state index in [1.54, 1.807) is 0 Å². The van der Waals surface area contributed by atoms with Gasteiger partial charge in [-0.25, -0.2) is 0 Å². The van der Waals surface area contributed by atoms with Gasteiger partial charge < -0.3 is 14.6 Å². The number of carbonyl (C=O) groups excluding carboxylic acids is 1. The maximum absolute atomic E-state index is 12.4. The van der Waals surface area contributed by atoms with Crippen molar-refractivity contribution in [3.05, 3.63) is 30.0 Å². The summed E-state index contributed by atoms with van der Waals surface area (Å²) in [6.45, 7) is 8.12. The van der Waals surface area contributed by atoms with Crippen molar-refractivity contribution in [2.24, 2.45) is 0 Å². The third-order valence-corrected chi connectivity index (χ3v) is 4.19. The van der Waals surface area contributed by atoms with Gasteiger partial charge in [0.2, 0.25) is 5.91 Å². The predicted octanol–water partition coefficient (Wildman–Crippen LogP) is 2.83. The zero-order valence-corrected chi connectivity index (χ0v) is 13.5. The topological polar surface area (TPSA) is 64.4 Å². The highest BCUT2D eigenvalue weighted by molar-refractivity contribution is 5.86. The number of benzene rings is 1. The number of nitrogens with zero attached hydrogens (tertiary/aromatic N) is 1. The van der Waals surface area contributed by atoms with Gasteiger partial charge >= 0.3 is 0 Å². The number of para-hydroxylation sites is 1. The molecule has 1 N–H and O–H groups in total. The van der Waals surface area contributed by atoms with Crippen molar-refractivity contribution in [1.82, 2.24) is 10.5 Å². The molecule has 1 aliphatic rings. The summed E-state index contributed by atoms with van der Waals surface area (Å²) in [5.41, 5.74) is 0.785. The van der Waals surface area contributed by atoms with Crippen LogP contribution in [-0.4, -0.2) is 28.3 Å². The Kier molecular flexibility index (Phi) is 3.48. The van der Waals surface area contributed by atoms with Crippen LogP contribution >= 0.6 is 0 Å². The number of aromatic nitrogens is 1. The third-order valence-electron chi connectivity index (χ3n) is 4.19. The molecule has 1 amide bonds. The molecule has 0 radical (unpaired) electrons. The summed E-state index contributed by atoms with van der Waals surface area (Å²) < 4.78 is 11.2. The van der Waals surface area contributed by atoms with E-state index < -0.39 is 0 Å². The highest BCUT2D eigenvalue weighted by Gasteiger charge is 2.46. The van der Waals surface area contributed by atoms with Gasteiger partial charge in [0, 0.05) is 5.39 Å². The molecule has 0 saturated carbocycles.